The van der Waals surface area contributed by atoms with Gasteiger partial charge in [-0.3, -0.25) is 0 Å². The first-order valence-corrected chi connectivity index (χ1v) is 6.30. The van der Waals surface area contributed by atoms with Crippen molar-refractivity contribution < 1.29 is 14.8 Å². The molecule has 17 heavy (non-hydrogen) atoms. The molecule has 0 saturated heterocycles. The van der Waals surface area contributed by atoms with Gasteiger partial charge in [0.2, 0.25) is 0 Å². The molecular weight excluding hydrogens is 215 g/mol. The van der Waals surface area contributed by atoms with Gasteiger partial charge in [-0.15, -0.1) is 0 Å². The maximum Gasteiger partial charge on any atom is 0.488 e. The summed E-state index contributed by atoms with van der Waals surface area (Å²) in [4.78, 5) is 0. The minimum atomic E-state index is -1.40. The molecule has 0 unspecified atom stereocenters. The van der Waals surface area contributed by atoms with Gasteiger partial charge in [0.1, 0.15) is 5.75 Å². The molecule has 0 aliphatic heterocycles. The molecule has 0 heterocycles. The van der Waals surface area contributed by atoms with Crippen LogP contribution in [-0.4, -0.2) is 23.3 Å². The van der Waals surface area contributed by atoms with Gasteiger partial charge in [0, 0.05) is 0 Å². The van der Waals surface area contributed by atoms with Crippen LogP contribution in [-0.2, 0) is 0 Å². The lowest BCUT2D eigenvalue weighted by Gasteiger charge is -2.23. The van der Waals surface area contributed by atoms with Gasteiger partial charge < -0.3 is 14.8 Å². The molecule has 1 saturated carbocycles. The maximum absolute atomic E-state index is 9.13. The second-order valence-electron chi connectivity index (χ2n) is 4.77. The molecule has 0 aromatic heterocycles. The van der Waals surface area contributed by atoms with Crippen LogP contribution in [0.5, 0.6) is 5.75 Å². The highest BCUT2D eigenvalue weighted by molar-refractivity contribution is 6.59. The lowest BCUT2D eigenvalue weighted by molar-refractivity contribution is 0.155. The number of aryl methyl sites for hydroxylation is 1. The van der Waals surface area contributed by atoms with Gasteiger partial charge in [0.05, 0.1) is 6.10 Å². The zero-order valence-corrected chi connectivity index (χ0v) is 10.2. The molecule has 2 N–H and O–H groups in total. The van der Waals surface area contributed by atoms with Crippen LogP contribution in [0.15, 0.2) is 18.2 Å². The van der Waals surface area contributed by atoms with Crippen LogP contribution in [0.2, 0.25) is 0 Å². The highest BCUT2D eigenvalue weighted by atomic mass is 16.5. The molecule has 4 heteroatoms. The minimum Gasteiger partial charge on any atom is -0.490 e. The van der Waals surface area contributed by atoms with Crippen LogP contribution in [0.1, 0.15) is 37.7 Å². The molecule has 1 aromatic rings. The van der Waals surface area contributed by atoms with Crippen molar-refractivity contribution in [2.45, 2.75) is 45.1 Å². The zero-order valence-electron chi connectivity index (χ0n) is 10.2. The smallest absolute Gasteiger partial charge is 0.488 e. The summed E-state index contributed by atoms with van der Waals surface area (Å²) in [5.74, 6) is 0.832. The van der Waals surface area contributed by atoms with Crippen LogP contribution in [0, 0.1) is 6.92 Å². The molecular formula is C13H19BO3. The van der Waals surface area contributed by atoms with Gasteiger partial charge in [0.15, 0.2) is 0 Å². The molecule has 3 nitrogen and oxygen atoms in total. The van der Waals surface area contributed by atoms with Crippen molar-refractivity contribution in [3.8, 4) is 5.75 Å². The largest absolute Gasteiger partial charge is 0.490 e. The third kappa shape index (κ3) is 3.24. The van der Waals surface area contributed by atoms with Crippen molar-refractivity contribution in [2.24, 2.45) is 0 Å². The first-order valence-electron chi connectivity index (χ1n) is 6.30. The first kappa shape index (κ1) is 12.5. The van der Waals surface area contributed by atoms with E-state index >= 15 is 0 Å². The molecule has 92 valence electrons. The Kier molecular flexibility index (Phi) is 4.08. The predicted octanol–water partition coefficient (Wildman–Crippen LogP) is 1.39. The summed E-state index contributed by atoms with van der Waals surface area (Å²) in [5.41, 5.74) is 1.40. The number of hydrogen-bond donors (Lipinski definition) is 2. The van der Waals surface area contributed by atoms with Gasteiger partial charge in [-0.25, -0.2) is 0 Å². The van der Waals surface area contributed by atoms with Crippen LogP contribution >= 0.6 is 0 Å². The monoisotopic (exact) mass is 234 g/mol. The van der Waals surface area contributed by atoms with Crippen molar-refractivity contribution in [1.29, 1.82) is 0 Å². The average molecular weight is 234 g/mol. The van der Waals surface area contributed by atoms with Crippen molar-refractivity contribution in [2.75, 3.05) is 0 Å². The van der Waals surface area contributed by atoms with Gasteiger partial charge in [0.25, 0.3) is 0 Å². The Hall–Kier alpha value is -0.995. The van der Waals surface area contributed by atoms with Crippen molar-refractivity contribution >= 4 is 12.6 Å². The van der Waals surface area contributed by atoms with Crippen molar-refractivity contribution in [1.82, 2.24) is 0 Å². The van der Waals surface area contributed by atoms with Crippen molar-refractivity contribution in [3.05, 3.63) is 23.8 Å². The van der Waals surface area contributed by atoms with Gasteiger partial charge >= 0.3 is 7.12 Å². The van der Waals surface area contributed by atoms with E-state index < -0.39 is 7.12 Å². The summed E-state index contributed by atoms with van der Waals surface area (Å²) in [7, 11) is -1.40. The molecule has 0 bridgehead atoms. The first-order chi connectivity index (χ1) is 8.16. The molecule has 2 rings (SSSR count). The highest BCUT2D eigenvalue weighted by Gasteiger charge is 2.17. The van der Waals surface area contributed by atoms with Gasteiger partial charge in [-0.05, 0) is 55.8 Å². The molecule has 1 aromatic carbocycles. The fourth-order valence-electron chi connectivity index (χ4n) is 2.39. The highest BCUT2D eigenvalue weighted by Crippen LogP contribution is 2.23. The Morgan fingerprint density at radius 1 is 1.18 bits per heavy atom. The van der Waals surface area contributed by atoms with E-state index in [-0.39, 0.29) is 0 Å². The van der Waals surface area contributed by atoms with Crippen LogP contribution in [0.3, 0.4) is 0 Å². The Bertz CT molecular complexity index is 373. The lowest BCUT2D eigenvalue weighted by atomic mass is 9.77. The normalized spacial score (nSPS) is 16.9. The number of benzene rings is 1. The van der Waals surface area contributed by atoms with E-state index in [2.05, 4.69) is 0 Å². The van der Waals surface area contributed by atoms with Crippen molar-refractivity contribution in [3.63, 3.8) is 0 Å². The fourth-order valence-corrected chi connectivity index (χ4v) is 2.39. The predicted molar refractivity (Wildman–Crippen MR) is 68.5 cm³/mol. The lowest BCUT2D eigenvalue weighted by Crippen LogP contribution is -2.32. The third-order valence-corrected chi connectivity index (χ3v) is 3.37. The Balaban J connectivity index is 2.04. The molecule has 1 aliphatic rings. The van der Waals surface area contributed by atoms with Crippen LogP contribution in [0.25, 0.3) is 0 Å². The topological polar surface area (TPSA) is 49.7 Å². The van der Waals surface area contributed by atoms with E-state index in [9.17, 15) is 0 Å². The Morgan fingerprint density at radius 3 is 2.47 bits per heavy atom. The molecule has 0 radical (unpaired) electrons. The van der Waals surface area contributed by atoms with E-state index in [0.29, 0.717) is 11.6 Å². The molecule has 1 fully saturated rings. The summed E-state index contributed by atoms with van der Waals surface area (Å²) >= 11 is 0. The quantitative estimate of drug-likeness (QED) is 0.777. The second-order valence-corrected chi connectivity index (χ2v) is 4.77. The number of ether oxygens (including phenoxy) is 1. The van der Waals surface area contributed by atoms with Crippen LogP contribution < -0.4 is 10.2 Å². The molecule has 0 amide bonds. The van der Waals surface area contributed by atoms with Gasteiger partial charge in [-0.2, -0.15) is 0 Å². The molecule has 0 spiro atoms. The van der Waals surface area contributed by atoms with Gasteiger partial charge in [-0.1, -0.05) is 12.5 Å². The minimum absolute atomic E-state index is 0.327. The average Bonchev–Trinajstić information content (AvgIpc) is 2.30. The second kappa shape index (κ2) is 5.56. The standard InChI is InChI=1S/C13H19BO3/c1-10-9-12(7-8-13(10)14(15)16)17-11-5-3-2-4-6-11/h7-9,11,15-16H,2-6H2,1H3. The number of rotatable bonds is 3. The molecule has 0 atom stereocenters. The molecule has 1 aliphatic carbocycles. The van der Waals surface area contributed by atoms with E-state index in [0.717, 1.165) is 24.2 Å². The third-order valence-electron chi connectivity index (χ3n) is 3.37. The fraction of sp³-hybridized carbons (Fsp3) is 0.538. The van der Waals surface area contributed by atoms with E-state index in [4.69, 9.17) is 14.8 Å². The Morgan fingerprint density at radius 2 is 1.88 bits per heavy atom. The summed E-state index contributed by atoms with van der Waals surface area (Å²) in [6.45, 7) is 1.86. The Labute approximate surface area is 103 Å². The van der Waals surface area contributed by atoms with E-state index in [1.807, 2.05) is 19.1 Å². The summed E-state index contributed by atoms with van der Waals surface area (Å²) in [6, 6.07) is 5.41. The van der Waals surface area contributed by atoms with E-state index in [1.54, 1.807) is 6.07 Å². The summed E-state index contributed by atoms with van der Waals surface area (Å²) in [5, 5.41) is 18.3. The van der Waals surface area contributed by atoms with E-state index in [1.165, 1.54) is 19.3 Å². The zero-order chi connectivity index (χ0) is 12.3. The SMILES string of the molecule is Cc1cc(OC2CCCCC2)ccc1B(O)O. The summed E-state index contributed by atoms with van der Waals surface area (Å²) in [6.07, 6.45) is 6.39. The summed E-state index contributed by atoms with van der Waals surface area (Å²) < 4.78 is 5.91. The number of hydrogen-bond acceptors (Lipinski definition) is 3. The van der Waals surface area contributed by atoms with Crippen LogP contribution in [0.4, 0.5) is 0 Å². The maximum atomic E-state index is 9.13.